The van der Waals surface area contributed by atoms with E-state index in [-0.39, 0.29) is 5.91 Å². The van der Waals surface area contributed by atoms with Gasteiger partial charge in [-0.25, -0.2) is 0 Å². The Hall–Kier alpha value is -0.610. The molecule has 0 aliphatic carbocycles. The van der Waals surface area contributed by atoms with Gasteiger partial charge in [-0.1, -0.05) is 13.8 Å². The Morgan fingerprint density at radius 2 is 2.28 bits per heavy atom. The molecule has 0 saturated carbocycles. The molecular formula is C14H28N2O2. The van der Waals surface area contributed by atoms with E-state index in [0.717, 1.165) is 32.5 Å². The molecule has 2 atom stereocenters. The van der Waals surface area contributed by atoms with Crippen LogP contribution in [0.15, 0.2) is 0 Å². The van der Waals surface area contributed by atoms with E-state index in [2.05, 4.69) is 19.2 Å². The van der Waals surface area contributed by atoms with Gasteiger partial charge < -0.3 is 15.0 Å². The molecule has 1 heterocycles. The third-order valence-corrected chi connectivity index (χ3v) is 3.65. The van der Waals surface area contributed by atoms with Crippen molar-refractivity contribution in [3.05, 3.63) is 0 Å². The molecule has 1 N–H and O–H groups in total. The van der Waals surface area contributed by atoms with Crippen molar-refractivity contribution in [3.8, 4) is 0 Å². The number of hydrogen-bond donors (Lipinski definition) is 1. The van der Waals surface area contributed by atoms with E-state index in [1.54, 1.807) is 7.11 Å². The fourth-order valence-electron chi connectivity index (χ4n) is 2.53. The highest BCUT2D eigenvalue weighted by Gasteiger charge is 2.27. The molecule has 1 fully saturated rings. The van der Waals surface area contributed by atoms with Crippen molar-refractivity contribution in [1.82, 2.24) is 10.2 Å². The Bertz CT molecular complexity index is 246. The third kappa shape index (κ3) is 4.94. The zero-order valence-electron chi connectivity index (χ0n) is 12.1. The molecule has 0 spiro atoms. The first kappa shape index (κ1) is 15.4. The largest absolute Gasteiger partial charge is 0.385 e. The van der Waals surface area contributed by atoms with Crippen LogP contribution in [0.2, 0.25) is 0 Å². The summed E-state index contributed by atoms with van der Waals surface area (Å²) in [6.45, 7) is 7.98. The second-order valence-corrected chi connectivity index (χ2v) is 5.26. The lowest BCUT2D eigenvalue weighted by Gasteiger charge is -2.37. The lowest BCUT2D eigenvalue weighted by molar-refractivity contribution is -0.133. The van der Waals surface area contributed by atoms with Crippen LogP contribution in [-0.4, -0.2) is 50.2 Å². The van der Waals surface area contributed by atoms with Gasteiger partial charge in [-0.05, 0) is 31.7 Å². The van der Waals surface area contributed by atoms with Crippen LogP contribution in [0.5, 0.6) is 0 Å². The number of hydrogen-bond acceptors (Lipinski definition) is 3. The smallest absolute Gasteiger partial charge is 0.222 e. The number of carbonyl (C=O) groups excluding carboxylic acids is 1. The lowest BCUT2D eigenvalue weighted by Crippen LogP contribution is -2.50. The van der Waals surface area contributed by atoms with Crippen LogP contribution in [0.1, 0.15) is 39.5 Å². The van der Waals surface area contributed by atoms with Gasteiger partial charge in [0, 0.05) is 39.3 Å². The molecule has 4 heteroatoms. The van der Waals surface area contributed by atoms with Crippen molar-refractivity contribution in [2.45, 2.75) is 45.6 Å². The maximum atomic E-state index is 12.0. The molecule has 0 bridgehead atoms. The number of piperidine rings is 1. The van der Waals surface area contributed by atoms with Crippen molar-refractivity contribution in [2.24, 2.45) is 5.92 Å². The summed E-state index contributed by atoms with van der Waals surface area (Å²) in [5.41, 5.74) is 0. The molecule has 0 aromatic heterocycles. The van der Waals surface area contributed by atoms with Gasteiger partial charge in [0.25, 0.3) is 0 Å². The van der Waals surface area contributed by atoms with E-state index in [1.165, 1.54) is 6.42 Å². The number of rotatable bonds is 7. The van der Waals surface area contributed by atoms with Crippen LogP contribution in [0.25, 0.3) is 0 Å². The Kier molecular flexibility index (Phi) is 7.28. The summed E-state index contributed by atoms with van der Waals surface area (Å²) in [5, 5.41) is 3.57. The SMILES string of the molecule is CCCNC1CCN(C(=O)CCCOC)CC1C. The summed E-state index contributed by atoms with van der Waals surface area (Å²) in [7, 11) is 1.68. The number of methoxy groups -OCH3 is 1. The summed E-state index contributed by atoms with van der Waals surface area (Å²) in [5.74, 6) is 0.838. The van der Waals surface area contributed by atoms with E-state index in [9.17, 15) is 4.79 Å². The molecule has 18 heavy (non-hydrogen) atoms. The summed E-state index contributed by atoms with van der Waals surface area (Å²) in [6, 6.07) is 0.577. The summed E-state index contributed by atoms with van der Waals surface area (Å²) >= 11 is 0. The number of amides is 1. The minimum Gasteiger partial charge on any atom is -0.385 e. The van der Waals surface area contributed by atoms with E-state index in [4.69, 9.17) is 4.74 Å². The van der Waals surface area contributed by atoms with Crippen molar-refractivity contribution >= 4 is 5.91 Å². The molecule has 1 rings (SSSR count). The normalized spacial score (nSPS) is 24.3. The fourth-order valence-corrected chi connectivity index (χ4v) is 2.53. The second kappa shape index (κ2) is 8.48. The molecule has 0 aromatic rings. The first-order chi connectivity index (χ1) is 8.69. The van der Waals surface area contributed by atoms with Crippen molar-refractivity contribution in [2.75, 3.05) is 33.4 Å². The Morgan fingerprint density at radius 1 is 1.50 bits per heavy atom. The van der Waals surface area contributed by atoms with Crippen LogP contribution in [0.4, 0.5) is 0 Å². The standard InChI is InChI=1S/C14H28N2O2/c1-4-8-15-13-7-9-16(11-12(13)2)14(17)6-5-10-18-3/h12-13,15H,4-11H2,1-3H3. The van der Waals surface area contributed by atoms with E-state index in [0.29, 0.717) is 25.0 Å². The summed E-state index contributed by atoms with van der Waals surface area (Å²) < 4.78 is 4.98. The van der Waals surface area contributed by atoms with Crippen molar-refractivity contribution in [1.29, 1.82) is 0 Å². The Morgan fingerprint density at radius 3 is 2.89 bits per heavy atom. The molecule has 1 aliphatic rings. The number of nitrogens with one attached hydrogen (secondary N) is 1. The third-order valence-electron chi connectivity index (χ3n) is 3.65. The molecule has 4 nitrogen and oxygen atoms in total. The zero-order valence-corrected chi connectivity index (χ0v) is 12.1. The van der Waals surface area contributed by atoms with Gasteiger partial charge in [0.15, 0.2) is 0 Å². The van der Waals surface area contributed by atoms with Gasteiger partial charge in [-0.3, -0.25) is 4.79 Å². The van der Waals surface area contributed by atoms with E-state index < -0.39 is 0 Å². The van der Waals surface area contributed by atoms with Gasteiger partial charge in [-0.15, -0.1) is 0 Å². The Labute approximate surface area is 111 Å². The van der Waals surface area contributed by atoms with Gasteiger partial charge in [0.1, 0.15) is 0 Å². The number of nitrogens with zero attached hydrogens (tertiary/aromatic N) is 1. The zero-order chi connectivity index (χ0) is 13.4. The first-order valence-electron chi connectivity index (χ1n) is 7.19. The van der Waals surface area contributed by atoms with Gasteiger partial charge in [-0.2, -0.15) is 0 Å². The quantitative estimate of drug-likeness (QED) is 0.704. The lowest BCUT2D eigenvalue weighted by atomic mass is 9.93. The number of ether oxygens (including phenoxy) is 1. The molecular weight excluding hydrogens is 228 g/mol. The molecule has 1 saturated heterocycles. The van der Waals surface area contributed by atoms with Crippen molar-refractivity contribution in [3.63, 3.8) is 0 Å². The minimum atomic E-state index is 0.285. The van der Waals surface area contributed by atoms with Crippen LogP contribution in [-0.2, 0) is 9.53 Å². The Balaban J connectivity index is 2.28. The topological polar surface area (TPSA) is 41.6 Å². The fraction of sp³-hybridized carbons (Fsp3) is 0.929. The van der Waals surface area contributed by atoms with Crippen molar-refractivity contribution < 1.29 is 9.53 Å². The van der Waals surface area contributed by atoms with Gasteiger partial charge >= 0.3 is 0 Å². The summed E-state index contributed by atoms with van der Waals surface area (Å²) in [6.07, 6.45) is 3.70. The highest BCUT2D eigenvalue weighted by atomic mass is 16.5. The molecule has 106 valence electrons. The first-order valence-corrected chi connectivity index (χ1v) is 7.19. The highest BCUT2D eigenvalue weighted by Crippen LogP contribution is 2.17. The molecule has 1 aliphatic heterocycles. The average Bonchev–Trinajstić information content (AvgIpc) is 2.37. The van der Waals surface area contributed by atoms with Crippen LogP contribution in [0, 0.1) is 5.92 Å². The number of carbonyl (C=O) groups is 1. The van der Waals surface area contributed by atoms with E-state index >= 15 is 0 Å². The minimum absolute atomic E-state index is 0.285. The van der Waals surface area contributed by atoms with Crippen LogP contribution >= 0.6 is 0 Å². The average molecular weight is 256 g/mol. The monoisotopic (exact) mass is 256 g/mol. The maximum Gasteiger partial charge on any atom is 0.222 e. The summed E-state index contributed by atoms with van der Waals surface area (Å²) in [4.78, 5) is 14.0. The predicted octanol–water partition coefficient (Wildman–Crippen LogP) is 1.65. The number of likely N-dealkylation sites (tertiary alicyclic amines) is 1. The van der Waals surface area contributed by atoms with Gasteiger partial charge in [0.2, 0.25) is 5.91 Å². The second-order valence-electron chi connectivity index (χ2n) is 5.26. The van der Waals surface area contributed by atoms with Crippen LogP contribution < -0.4 is 5.32 Å². The van der Waals surface area contributed by atoms with Gasteiger partial charge in [0.05, 0.1) is 0 Å². The predicted molar refractivity (Wildman–Crippen MR) is 73.6 cm³/mol. The molecule has 2 unspecified atom stereocenters. The molecule has 0 aromatic carbocycles. The highest BCUT2D eigenvalue weighted by molar-refractivity contribution is 5.76. The molecule has 0 radical (unpaired) electrons. The van der Waals surface area contributed by atoms with Crippen LogP contribution in [0.3, 0.4) is 0 Å². The van der Waals surface area contributed by atoms with E-state index in [1.807, 2.05) is 4.90 Å². The maximum absolute atomic E-state index is 12.0. The molecule has 1 amide bonds.